The molecule has 1 aromatic heterocycles. The first-order valence-electron chi connectivity index (χ1n) is 5.75. The fourth-order valence-electron chi connectivity index (χ4n) is 1.58. The normalized spacial score (nSPS) is 11.8. The maximum Gasteiger partial charge on any atom is 0.349 e. The number of rotatable bonds is 7. The fourth-order valence-corrected chi connectivity index (χ4v) is 4.37. The highest BCUT2D eigenvalue weighted by Gasteiger charge is 2.29. The molecule has 19 heavy (non-hydrogen) atoms. The highest BCUT2D eigenvalue weighted by Crippen LogP contribution is 2.25. The Kier molecular flexibility index (Phi) is 5.92. The van der Waals surface area contributed by atoms with E-state index in [-0.39, 0.29) is 29.5 Å². The number of methoxy groups -OCH3 is 1. The predicted octanol–water partition coefficient (Wildman–Crippen LogP) is 0.928. The Morgan fingerprint density at radius 2 is 2.21 bits per heavy atom. The summed E-state index contributed by atoms with van der Waals surface area (Å²) in [5.74, 6) is -0.660. The second-order valence-corrected chi connectivity index (χ2v) is 6.50. The van der Waals surface area contributed by atoms with E-state index in [1.807, 2.05) is 0 Å². The molecular formula is C11H17NO5S2. The molecule has 1 N–H and O–H groups in total. The minimum absolute atomic E-state index is 0.0378. The van der Waals surface area contributed by atoms with E-state index in [0.29, 0.717) is 6.42 Å². The van der Waals surface area contributed by atoms with Crippen LogP contribution in [0.1, 0.15) is 23.0 Å². The standard InChI is InChI=1S/C11H17NO5S2/c1-3-12(6-4-7-13)19(15,16)9-5-8-18-10(9)11(14)17-2/h5,8,13H,3-4,6-7H2,1-2H3. The zero-order valence-electron chi connectivity index (χ0n) is 10.8. The van der Waals surface area contributed by atoms with Gasteiger partial charge in [0.25, 0.3) is 0 Å². The van der Waals surface area contributed by atoms with Crippen molar-refractivity contribution in [3.05, 3.63) is 16.3 Å². The summed E-state index contributed by atoms with van der Waals surface area (Å²) in [7, 11) is -2.52. The molecule has 1 rings (SSSR count). The van der Waals surface area contributed by atoms with E-state index in [1.54, 1.807) is 12.3 Å². The van der Waals surface area contributed by atoms with Crippen LogP contribution in [0.3, 0.4) is 0 Å². The van der Waals surface area contributed by atoms with E-state index >= 15 is 0 Å². The molecule has 0 amide bonds. The fraction of sp³-hybridized carbons (Fsp3) is 0.545. The topological polar surface area (TPSA) is 83.9 Å². The first kappa shape index (κ1) is 16.1. The smallest absolute Gasteiger partial charge is 0.349 e. The van der Waals surface area contributed by atoms with Crippen molar-refractivity contribution in [3.8, 4) is 0 Å². The van der Waals surface area contributed by atoms with Gasteiger partial charge in [0.05, 0.1) is 7.11 Å². The number of carbonyl (C=O) groups is 1. The number of aliphatic hydroxyl groups excluding tert-OH is 1. The van der Waals surface area contributed by atoms with Crippen molar-refractivity contribution in [2.45, 2.75) is 18.2 Å². The number of nitrogens with zero attached hydrogens (tertiary/aromatic N) is 1. The summed E-state index contributed by atoms with van der Waals surface area (Å²) in [6, 6.07) is 1.40. The van der Waals surface area contributed by atoms with Gasteiger partial charge >= 0.3 is 5.97 Å². The number of hydrogen-bond acceptors (Lipinski definition) is 6. The van der Waals surface area contributed by atoms with E-state index in [0.717, 1.165) is 11.3 Å². The summed E-state index contributed by atoms with van der Waals surface area (Å²) in [6.07, 6.45) is 0.352. The number of thiophene rings is 1. The Hall–Kier alpha value is -0.960. The van der Waals surface area contributed by atoms with Gasteiger partial charge in [0.15, 0.2) is 0 Å². The van der Waals surface area contributed by atoms with Crippen LogP contribution in [-0.4, -0.2) is 50.6 Å². The van der Waals surface area contributed by atoms with E-state index in [2.05, 4.69) is 4.74 Å². The number of ether oxygens (including phenoxy) is 1. The van der Waals surface area contributed by atoms with Gasteiger partial charge in [-0.3, -0.25) is 0 Å². The SMILES string of the molecule is CCN(CCCO)S(=O)(=O)c1ccsc1C(=O)OC. The van der Waals surface area contributed by atoms with Gasteiger partial charge in [-0.15, -0.1) is 11.3 Å². The second kappa shape index (κ2) is 6.99. The van der Waals surface area contributed by atoms with Crippen LogP contribution < -0.4 is 0 Å². The summed E-state index contributed by atoms with van der Waals surface area (Å²) >= 11 is 1.03. The van der Waals surface area contributed by atoms with Crippen LogP contribution in [0.2, 0.25) is 0 Å². The summed E-state index contributed by atoms with van der Waals surface area (Å²) in [5.41, 5.74) is 0. The monoisotopic (exact) mass is 307 g/mol. The average molecular weight is 307 g/mol. The molecule has 0 radical (unpaired) electrons. The largest absolute Gasteiger partial charge is 0.465 e. The molecule has 0 fully saturated rings. The Morgan fingerprint density at radius 1 is 1.53 bits per heavy atom. The Labute approximate surface area is 116 Å². The van der Waals surface area contributed by atoms with Crippen LogP contribution in [0.15, 0.2) is 16.3 Å². The molecule has 0 aliphatic heterocycles. The molecule has 0 saturated heterocycles. The molecular weight excluding hydrogens is 290 g/mol. The first-order valence-corrected chi connectivity index (χ1v) is 8.07. The predicted molar refractivity (Wildman–Crippen MR) is 71.8 cm³/mol. The first-order chi connectivity index (χ1) is 8.98. The quantitative estimate of drug-likeness (QED) is 0.758. The number of hydrogen-bond donors (Lipinski definition) is 1. The van der Waals surface area contributed by atoms with E-state index in [4.69, 9.17) is 5.11 Å². The van der Waals surface area contributed by atoms with E-state index in [9.17, 15) is 13.2 Å². The van der Waals surface area contributed by atoms with Gasteiger partial charge in [-0.1, -0.05) is 6.92 Å². The third-order valence-electron chi connectivity index (χ3n) is 2.54. The molecule has 108 valence electrons. The van der Waals surface area contributed by atoms with Crippen molar-refractivity contribution in [3.63, 3.8) is 0 Å². The Balaban J connectivity index is 3.12. The minimum Gasteiger partial charge on any atom is -0.465 e. The van der Waals surface area contributed by atoms with Crippen LogP contribution in [0, 0.1) is 0 Å². The number of sulfonamides is 1. The van der Waals surface area contributed by atoms with Gasteiger partial charge in [0.2, 0.25) is 10.0 Å². The van der Waals surface area contributed by atoms with Crippen molar-refractivity contribution in [2.24, 2.45) is 0 Å². The van der Waals surface area contributed by atoms with Crippen molar-refractivity contribution >= 4 is 27.3 Å². The minimum atomic E-state index is -3.73. The summed E-state index contributed by atoms with van der Waals surface area (Å²) in [6.45, 7) is 2.11. The summed E-state index contributed by atoms with van der Waals surface area (Å²) in [4.78, 5) is 11.6. The van der Waals surface area contributed by atoms with Crippen molar-refractivity contribution in [2.75, 3.05) is 26.8 Å². The third-order valence-corrected chi connectivity index (χ3v) is 5.58. The number of carbonyl (C=O) groups excluding carboxylic acids is 1. The van der Waals surface area contributed by atoms with E-state index < -0.39 is 16.0 Å². The van der Waals surface area contributed by atoms with Crippen molar-refractivity contribution < 1.29 is 23.1 Å². The lowest BCUT2D eigenvalue weighted by Gasteiger charge is -2.19. The highest BCUT2D eigenvalue weighted by molar-refractivity contribution is 7.89. The molecule has 0 spiro atoms. The molecule has 0 unspecified atom stereocenters. The van der Waals surface area contributed by atoms with Crippen molar-refractivity contribution in [1.29, 1.82) is 0 Å². The molecule has 8 heteroatoms. The highest BCUT2D eigenvalue weighted by atomic mass is 32.2. The maximum absolute atomic E-state index is 12.4. The third kappa shape index (κ3) is 3.53. The van der Waals surface area contributed by atoms with Crippen LogP contribution in [0.4, 0.5) is 0 Å². The van der Waals surface area contributed by atoms with Gasteiger partial charge in [-0.25, -0.2) is 13.2 Å². The van der Waals surface area contributed by atoms with Gasteiger partial charge in [0, 0.05) is 19.7 Å². The molecule has 0 aliphatic carbocycles. The molecule has 6 nitrogen and oxygen atoms in total. The zero-order chi connectivity index (χ0) is 14.5. The molecule has 0 aromatic carbocycles. The lowest BCUT2D eigenvalue weighted by atomic mass is 10.4. The van der Waals surface area contributed by atoms with Crippen LogP contribution >= 0.6 is 11.3 Å². The van der Waals surface area contributed by atoms with E-state index in [1.165, 1.54) is 17.5 Å². The van der Waals surface area contributed by atoms with Crippen molar-refractivity contribution in [1.82, 2.24) is 4.31 Å². The molecule has 0 atom stereocenters. The van der Waals surface area contributed by atoms with Crippen LogP contribution in [0.5, 0.6) is 0 Å². The molecule has 0 saturated carbocycles. The molecule has 1 heterocycles. The zero-order valence-corrected chi connectivity index (χ0v) is 12.5. The van der Waals surface area contributed by atoms with Gasteiger partial charge in [-0.2, -0.15) is 4.31 Å². The lowest BCUT2D eigenvalue weighted by molar-refractivity contribution is 0.0602. The van der Waals surface area contributed by atoms with Crippen LogP contribution in [-0.2, 0) is 14.8 Å². The molecule has 0 aliphatic rings. The van der Waals surface area contributed by atoms with Crippen LogP contribution in [0.25, 0.3) is 0 Å². The maximum atomic E-state index is 12.4. The summed E-state index contributed by atoms with van der Waals surface area (Å²) in [5, 5.41) is 10.3. The number of esters is 1. The lowest BCUT2D eigenvalue weighted by Crippen LogP contribution is -2.32. The van der Waals surface area contributed by atoms with Gasteiger partial charge in [-0.05, 0) is 17.9 Å². The van der Waals surface area contributed by atoms with Gasteiger partial charge in [0.1, 0.15) is 9.77 Å². The average Bonchev–Trinajstić information content (AvgIpc) is 2.88. The number of aliphatic hydroxyl groups is 1. The molecule has 1 aromatic rings. The Morgan fingerprint density at radius 3 is 2.74 bits per heavy atom. The summed E-state index contributed by atoms with van der Waals surface area (Å²) < 4.78 is 30.6. The van der Waals surface area contributed by atoms with Gasteiger partial charge < -0.3 is 9.84 Å². The molecule has 0 bridgehead atoms. The second-order valence-electron chi connectivity index (χ2n) is 3.68. The Bertz CT molecular complexity index is 523.